The lowest BCUT2D eigenvalue weighted by atomic mass is 10.0. The van der Waals surface area contributed by atoms with Crippen molar-refractivity contribution < 1.29 is 23.9 Å². The van der Waals surface area contributed by atoms with Gasteiger partial charge in [-0.25, -0.2) is 4.39 Å². The number of carboxylic acid groups (broad SMARTS) is 1. The minimum absolute atomic E-state index is 0.00968. The first kappa shape index (κ1) is 26.4. The van der Waals surface area contributed by atoms with E-state index < -0.39 is 23.1 Å². The van der Waals surface area contributed by atoms with E-state index in [1.165, 1.54) is 36.7 Å². The highest BCUT2D eigenvalue weighted by Crippen LogP contribution is 2.36. The van der Waals surface area contributed by atoms with Gasteiger partial charge in [0.1, 0.15) is 11.4 Å². The number of anilines is 2. The molecule has 3 heterocycles. The molecule has 0 saturated carbocycles. The van der Waals surface area contributed by atoms with Crippen molar-refractivity contribution in [2.24, 2.45) is 0 Å². The Balaban J connectivity index is 1.39. The Morgan fingerprint density at radius 2 is 1.77 bits per heavy atom. The number of carboxylic acids is 1. The molecule has 0 spiro atoms. The second kappa shape index (κ2) is 10.5. The Labute approximate surface area is 227 Å². The van der Waals surface area contributed by atoms with Crippen molar-refractivity contribution in [1.29, 1.82) is 0 Å². The SMILES string of the molecule is Cc1[nH]c(C=C2C(=O)Nc3cc(NC(=O)c4c[nH]cc(-c5ccc(F)cc5)c4=O)ccc32)c(C)c1CCC(=O)O. The quantitative estimate of drug-likeness (QED) is 0.212. The van der Waals surface area contributed by atoms with Crippen molar-refractivity contribution in [2.75, 3.05) is 10.6 Å². The van der Waals surface area contributed by atoms with Crippen LogP contribution in [0.25, 0.3) is 22.8 Å². The number of fused-ring (bicyclic) bond motifs is 1. The second-order valence-corrected chi connectivity index (χ2v) is 9.51. The van der Waals surface area contributed by atoms with E-state index in [4.69, 9.17) is 5.11 Å². The average Bonchev–Trinajstić information content (AvgIpc) is 3.36. The van der Waals surface area contributed by atoms with E-state index >= 15 is 0 Å². The number of hydrogen-bond donors (Lipinski definition) is 5. The number of nitrogens with one attached hydrogen (secondary N) is 4. The number of hydrogen-bond acceptors (Lipinski definition) is 4. The van der Waals surface area contributed by atoms with Crippen molar-refractivity contribution in [3.8, 4) is 11.1 Å². The molecule has 0 saturated heterocycles. The predicted molar refractivity (Wildman–Crippen MR) is 150 cm³/mol. The largest absolute Gasteiger partial charge is 0.481 e. The predicted octanol–water partition coefficient (Wildman–Crippen LogP) is 4.89. The van der Waals surface area contributed by atoms with Gasteiger partial charge in [0.2, 0.25) is 5.43 Å². The van der Waals surface area contributed by atoms with Crippen molar-refractivity contribution in [1.82, 2.24) is 9.97 Å². The minimum atomic E-state index is -0.878. The van der Waals surface area contributed by atoms with Gasteiger partial charge in [0, 0.05) is 47.0 Å². The van der Waals surface area contributed by atoms with E-state index in [1.807, 2.05) is 13.8 Å². The maximum Gasteiger partial charge on any atom is 0.303 e. The number of aromatic amines is 2. The van der Waals surface area contributed by atoms with Crippen LogP contribution >= 0.6 is 0 Å². The zero-order valence-electron chi connectivity index (χ0n) is 21.6. The normalized spacial score (nSPS) is 13.3. The average molecular weight is 541 g/mol. The van der Waals surface area contributed by atoms with Gasteiger partial charge in [-0.05, 0) is 67.3 Å². The smallest absolute Gasteiger partial charge is 0.303 e. The monoisotopic (exact) mass is 540 g/mol. The van der Waals surface area contributed by atoms with Gasteiger partial charge in [0.25, 0.3) is 11.8 Å². The first-order valence-corrected chi connectivity index (χ1v) is 12.5. The molecule has 0 radical (unpaired) electrons. The van der Waals surface area contributed by atoms with Gasteiger partial charge in [-0.15, -0.1) is 0 Å². The van der Waals surface area contributed by atoms with Crippen LogP contribution in [-0.2, 0) is 16.0 Å². The third kappa shape index (κ3) is 5.06. The molecular formula is C30H25FN4O5. The summed E-state index contributed by atoms with van der Waals surface area (Å²) in [5.41, 5.74) is 5.34. The summed E-state index contributed by atoms with van der Waals surface area (Å²) < 4.78 is 13.3. The van der Waals surface area contributed by atoms with E-state index in [9.17, 15) is 23.6 Å². The molecule has 5 rings (SSSR count). The Kier molecular flexibility index (Phi) is 6.91. The van der Waals surface area contributed by atoms with E-state index in [2.05, 4.69) is 20.6 Å². The molecular weight excluding hydrogens is 515 g/mol. The molecule has 0 unspecified atom stereocenters. The summed E-state index contributed by atoms with van der Waals surface area (Å²) in [6, 6.07) is 10.3. The second-order valence-electron chi connectivity index (χ2n) is 9.51. The van der Waals surface area contributed by atoms with Gasteiger partial charge < -0.3 is 25.7 Å². The molecule has 1 aliphatic rings. The maximum absolute atomic E-state index is 13.3. The Hall–Kier alpha value is -5.25. The summed E-state index contributed by atoms with van der Waals surface area (Å²) >= 11 is 0. The topological polar surface area (TPSA) is 144 Å². The number of aryl methyl sites for hydroxylation is 1. The molecule has 9 nitrogen and oxygen atoms in total. The number of halogens is 1. The van der Waals surface area contributed by atoms with Crippen LogP contribution in [0.15, 0.2) is 59.7 Å². The molecule has 2 amide bonds. The number of carbonyl (C=O) groups excluding carboxylic acids is 2. The number of carbonyl (C=O) groups is 3. The van der Waals surface area contributed by atoms with Crippen molar-refractivity contribution in [3.63, 3.8) is 0 Å². The summed E-state index contributed by atoms with van der Waals surface area (Å²) in [5.74, 6) is -2.27. The lowest BCUT2D eigenvalue weighted by Gasteiger charge is -2.08. The summed E-state index contributed by atoms with van der Waals surface area (Å²) in [5, 5.41) is 14.5. The van der Waals surface area contributed by atoms with Crippen LogP contribution in [0.1, 0.15) is 44.9 Å². The highest BCUT2D eigenvalue weighted by Gasteiger charge is 2.26. The highest BCUT2D eigenvalue weighted by molar-refractivity contribution is 6.35. The van der Waals surface area contributed by atoms with E-state index in [-0.39, 0.29) is 23.5 Å². The summed E-state index contributed by atoms with van der Waals surface area (Å²) in [4.78, 5) is 55.8. The van der Waals surface area contributed by atoms with Gasteiger partial charge in [-0.1, -0.05) is 18.2 Å². The van der Waals surface area contributed by atoms with Crippen LogP contribution in [0.4, 0.5) is 15.8 Å². The summed E-state index contributed by atoms with van der Waals surface area (Å²) in [7, 11) is 0. The molecule has 10 heteroatoms. The third-order valence-corrected chi connectivity index (χ3v) is 6.91. The third-order valence-electron chi connectivity index (χ3n) is 6.91. The van der Waals surface area contributed by atoms with Crippen LogP contribution in [0.3, 0.4) is 0 Å². The first-order valence-electron chi connectivity index (χ1n) is 12.5. The molecule has 0 fully saturated rings. The number of amides is 2. The van der Waals surface area contributed by atoms with Crippen LogP contribution in [0.2, 0.25) is 0 Å². The first-order chi connectivity index (χ1) is 19.1. The molecule has 0 aliphatic carbocycles. The van der Waals surface area contributed by atoms with Gasteiger partial charge in [0.15, 0.2) is 0 Å². The van der Waals surface area contributed by atoms with E-state index in [0.29, 0.717) is 40.2 Å². The van der Waals surface area contributed by atoms with Crippen LogP contribution in [0.5, 0.6) is 0 Å². The number of H-pyrrole nitrogens is 2. The van der Waals surface area contributed by atoms with E-state index in [0.717, 1.165) is 16.8 Å². The van der Waals surface area contributed by atoms with Gasteiger partial charge >= 0.3 is 5.97 Å². The minimum Gasteiger partial charge on any atom is -0.481 e. The summed E-state index contributed by atoms with van der Waals surface area (Å²) in [6.07, 6.45) is 4.87. The molecule has 0 bridgehead atoms. The Bertz CT molecular complexity index is 1770. The van der Waals surface area contributed by atoms with E-state index in [1.54, 1.807) is 24.3 Å². The summed E-state index contributed by atoms with van der Waals surface area (Å²) in [6.45, 7) is 3.75. The fourth-order valence-electron chi connectivity index (χ4n) is 4.82. The number of aliphatic carboxylic acids is 1. The van der Waals surface area contributed by atoms with Crippen molar-refractivity contribution in [3.05, 3.63) is 105 Å². The van der Waals surface area contributed by atoms with Gasteiger partial charge in [-0.2, -0.15) is 0 Å². The molecule has 202 valence electrons. The number of pyridine rings is 1. The fraction of sp³-hybridized carbons (Fsp3) is 0.133. The lowest BCUT2D eigenvalue weighted by molar-refractivity contribution is -0.137. The van der Waals surface area contributed by atoms with Crippen LogP contribution < -0.4 is 16.1 Å². The molecule has 5 N–H and O–H groups in total. The van der Waals surface area contributed by atoms with Crippen LogP contribution in [0, 0.1) is 19.7 Å². The number of aromatic nitrogens is 2. The number of rotatable bonds is 7. The lowest BCUT2D eigenvalue weighted by Crippen LogP contribution is -2.22. The maximum atomic E-state index is 13.3. The van der Waals surface area contributed by atoms with Crippen molar-refractivity contribution >= 4 is 40.8 Å². The Morgan fingerprint density at radius 1 is 1.02 bits per heavy atom. The molecule has 40 heavy (non-hydrogen) atoms. The fourth-order valence-corrected chi connectivity index (χ4v) is 4.82. The number of benzene rings is 2. The zero-order chi connectivity index (χ0) is 28.6. The van der Waals surface area contributed by atoms with Crippen LogP contribution in [-0.4, -0.2) is 32.9 Å². The molecule has 2 aromatic heterocycles. The van der Waals surface area contributed by atoms with Gasteiger partial charge in [0.05, 0.1) is 11.3 Å². The highest BCUT2D eigenvalue weighted by atomic mass is 19.1. The molecule has 0 atom stereocenters. The zero-order valence-corrected chi connectivity index (χ0v) is 21.6. The molecule has 2 aromatic carbocycles. The van der Waals surface area contributed by atoms with Gasteiger partial charge in [-0.3, -0.25) is 19.2 Å². The van der Waals surface area contributed by atoms with Crippen molar-refractivity contribution in [2.45, 2.75) is 26.7 Å². The standard InChI is InChI=1S/C30H25FN4O5/c1-15-20(9-10-27(36)37)16(2)33-25(15)12-22-21-8-7-19(11-26(21)35-29(22)39)34-30(40)24-14-32-13-23(28(24)38)17-3-5-18(31)6-4-17/h3-8,11-14,33H,9-10H2,1-2H3,(H,32,38)(H,34,40)(H,35,39)(H,36,37). The Morgan fingerprint density at radius 3 is 2.50 bits per heavy atom. The molecule has 4 aromatic rings. The molecule has 1 aliphatic heterocycles.